The SMILES string of the molecule is O=C(NCC1CCN(c2ncccn2)CC1)C1CCC1. The number of rotatable bonds is 4. The molecule has 1 N–H and O–H groups in total. The fourth-order valence-corrected chi connectivity index (χ4v) is 2.85. The second-order valence-corrected chi connectivity index (χ2v) is 5.85. The molecule has 0 unspecified atom stereocenters. The Kier molecular flexibility index (Phi) is 4.14. The lowest BCUT2D eigenvalue weighted by molar-refractivity contribution is -0.127. The van der Waals surface area contributed by atoms with Crippen molar-refractivity contribution >= 4 is 11.9 Å². The molecular formula is C15H22N4O. The second-order valence-electron chi connectivity index (χ2n) is 5.85. The average Bonchev–Trinajstić information content (AvgIpc) is 2.45. The zero-order valence-corrected chi connectivity index (χ0v) is 11.8. The zero-order chi connectivity index (χ0) is 13.8. The van der Waals surface area contributed by atoms with Crippen LogP contribution in [0.5, 0.6) is 0 Å². The van der Waals surface area contributed by atoms with Crippen LogP contribution in [0.1, 0.15) is 32.1 Å². The number of hydrogen-bond donors (Lipinski definition) is 1. The lowest BCUT2D eigenvalue weighted by atomic mass is 9.84. The third-order valence-electron chi connectivity index (χ3n) is 4.49. The Labute approximate surface area is 119 Å². The van der Waals surface area contributed by atoms with Crippen LogP contribution in [0.15, 0.2) is 18.5 Å². The molecule has 1 saturated heterocycles. The second kappa shape index (κ2) is 6.20. The third-order valence-corrected chi connectivity index (χ3v) is 4.49. The lowest BCUT2D eigenvalue weighted by Gasteiger charge is -2.32. The first-order valence-electron chi connectivity index (χ1n) is 7.62. The summed E-state index contributed by atoms with van der Waals surface area (Å²) >= 11 is 0. The molecule has 5 heteroatoms. The van der Waals surface area contributed by atoms with Gasteiger partial charge >= 0.3 is 0 Å². The molecule has 1 aliphatic carbocycles. The predicted octanol–water partition coefficient (Wildman–Crippen LogP) is 1.61. The molecule has 20 heavy (non-hydrogen) atoms. The Morgan fingerprint density at radius 2 is 1.90 bits per heavy atom. The first-order chi connectivity index (χ1) is 9.83. The number of hydrogen-bond acceptors (Lipinski definition) is 4. The molecule has 108 valence electrons. The molecule has 2 fully saturated rings. The molecule has 1 aliphatic heterocycles. The van der Waals surface area contributed by atoms with Gasteiger partial charge in [-0.3, -0.25) is 4.79 Å². The molecule has 2 heterocycles. The summed E-state index contributed by atoms with van der Waals surface area (Å²) in [6.07, 6.45) is 9.14. The number of nitrogens with one attached hydrogen (secondary N) is 1. The van der Waals surface area contributed by atoms with Gasteiger partial charge < -0.3 is 10.2 Å². The number of amides is 1. The van der Waals surface area contributed by atoms with E-state index in [0.29, 0.717) is 11.8 Å². The Morgan fingerprint density at radius 3 is 2.50 bits per heavy atom. The van der Waals surface area contributed by atoms with Gasteiger partial charge in [-0.25, -0.2) is 9.97 Å². The Balaban J connectivity index is 1.41. The quantitative estimate of drug-likeness (QED) is 0.906. The van der Waals surface area contributed by atoms with Gasteiger partial charge in [0.25, 0.3) is 0 Å². The van der Waals surface area contributed by atoms with Crippen molar-refractivity contribution in [2.45, 2.75) is 32.1 Å². The molecule has 3 rings (SSSR count). The van der Waals surface area contributed by atoms with Crippen molar-refractivity contribution in [2.24, 2.45) is 11.8 Å². The van der Waals surface area contributed by atoms with Crippen LogP contribution in [-0.2, 0) is 4.79 Å². The van der Waals surface area contributed by atoms with E-state index in [4.69, 9.17) is 0 Å². The van der Waals surface area contributed by atoms with E-state index >= 15 is 0 Å². The first kappa shape index (κ1) is 13.3. The van der Waals surface area contributed by atoms with Gasteiger partial charge in [0.1, 0.15) is 0 Å². The number of nitrogens with zero attached hydrogens (tertiary/aromatic N) is 3. The van der Waals surface area contributed by atoms with Crippen molar-refractivity contribution < 1.29 is 4.79 Å². The van der Waals surface area contributed by atoms with Gasteiger partial charge in [-0.15, -0.1) is 0 Å². The standard InChI is InChI=1S/C15H22N4O/c20-14(13-3-1-4-13)18-11-12-5-9-19(10-6-12)15-16-7-2-8-17-15/h2,7-8,12-13H,1,3-6,9-11H2,(H,18,20). The number of piperidine rings is 1. The van der Waals surface area contributed by atoms with Crippen molar-refractivity contribution in [3.63, 3.8) is 0 Å². The van der Waals surface area contributed by atoms with Crippen molar-refractivity contribution in [1.82, 2.24) is 15.3 Å². The summed E-state index contributed by atoms with van der Waals surface area (Å²) in [5.41, 5.74) is 0. The third kappa shape index (κ3) is 3.08. The normalized spacial score (nSPS) is 20.5. The van der Waals surface area contributed by atoms with E-state index in [0.717, 1.165) is 51.3 Å². The van der Waals surface area contributed by atoms with Crippen LogP contribution in [0.3, 0.4) is 0 Å². The number of carbonyl (C=O) groups excluding carboxylic acids is 1. The van der Waals surface area contributed by atoms with Crippen molar-refractivity contribution in [3.8, 4) is 0 Å². The molecule has 0 spiro atoms. The summed E-state index contributed by atoms with van der Waals surface area (Å²) < 4.78 is 0. The van der Waals surface area contributed by atoms with Gasteiger partial charge in [-0.05, 0) is 37.7 Å². The zero-order valence-electron chi connectivity index (χ0n) is 11.8. The van der Waals surface area contributed by atoms with Gasteiger partial charge in [0, 0.05) is 37.9 Å². The Morgan fingerprint density at radius 1 is 1.20 bits per heavy atom. The highest BCUT2D eigenvalue weighted by molar-refractivity contribution is 5.79. The van der Waals surface area contributed by atoms with Crippen LogP contribution >= 0.6 is 0 Å². The Hall–Kier alpha value is -1.65. The molecule has 1 saturated carbocycles. The molecule has 1 amide bonds. The topological polar surface area (TPSA) is 58.1 Å². The molecule has 5 nitrogen and oxygen atoms in total. The van der Waals surface area contributed by atoms with Crippen LogP contribution in [-0.4, -0.2) is 35.5 Å². The number of aromatic nitrogens is 2. The minimum absolute atomic E-state index is 0.269. The number of anilines is 1. The highest BCUT2D eigenvalue weighted by Crippen LogP contribution is 2.26. The summed E-state index contributed by atoms with van der Waals surface area (Å²) in [5.74, 6) is 1.99. The fourth-order valence-electron chi connectivity index (χ4n) is 2.85. The summed E-state index contributed by atoms with van der Waals surface area (Å²) in [5, 5.41) is 3.12. The van der Waals surface area contributed by atoms with E-state index in [1.165, 1.54) is 6.42 Å². The molecule has 0 bridgehead atoms. The van der Waals surface area contributed by atoms with E-state index in [-0.39, 0.29) is 5.91 Å². The summed E-state index contributed by atoms with van der Waals surface area (Å²) in [7, 11) is 0. The maximum atomic E-state index is 11.8. The van der Waals surface area contributed by atoms with Gasteiger partial charge in [-0.1, -0.05) is 6.42 Å². The van der Waals surface area contributed by atoms with E-state index < -0.39 is 0 Å². The van der Waals surface area contributed by atoms with E-state index in [1.807, 2.05) is 6.07 Å². The van der Waals surface area contributed by atoms with E-state index in [2.05, 4.69) is 20.2 Å². The fraction of sp³-hybridized carbons (Fsp3) is 0.667. The van der Waals surface area contributed by atoms with Gasteiger partial charge in [0.15, 0.2) is 0 Å². The number of carbonyl (C=O) groups is 1. The maximum absolute atomic E-state index is 11.8. The lowest BCUT2D eigenvalue weighted by Crippen LogP contribution is -2.41. The van der Waals surface area contributed by atoms with Crippen LogP contribution in [0.2, 0.25) is 0 Å². The first-order valence-corrected chi connectivity index (χ1v) is 7.62. The van der Waals surface area contributed by atoms with Gasteiger partial charge in [-0.2, -0.15) is 0 Å². The van der Waals surface area contributed by atoms with Gasteiger partial charge in [0.05, 0.1) is 0 Å². The van der Waals surface area contributed by atoms with Crippen LogP contribution in [0, 0.1) is 11.8 Å². The minimum atomic E-state index is 0.269. The summed E-state index contributed by atoms with van der Waals surface area (Å²) in [6, 6.07) is 1.84. The van der Waals surface area contributed by atoms with Crippen LogP contribution < -0.4 is 10.2 Å². The molecule has 0 atom stereocenters. The smallest absolute Gasteiger partial charge is 0.225 e. The van der Waals surface area contributed by atoms with Crippen LogP contribution in [0.25, 0.3) is 0 Å². The molecule has 0 radical (unpaired) electrons. The largest absolute Gasteiger partial charge is 0.356 e. The molecule has 0 aromatic carbocycles. The summed E-state index contributed by atoms with van der Waals surface area (Å²) in [6.45, 7) is 2.79. The predicted molar refractivity (Wildman–Crippen MR) is 77.3 cm³/mol. The van der Waals surface area contributed by atoms with Crippen molar-refractivity contribution in [1.29, 1.82) is 0 Å². The molecule has 1 aromatic rings. The van der Waals surface area contributed by atoms with Crippen LogP contribution in [0.4, 0.5) is 5.95 Å². The highest BCUT2D eigenvalue weighted by atomic mass is 16.1. The average molecular weight is 274 g/mol. The van der Waals surface area contributed by atoms with E-state index in [1.54, 1.807) is 12.4 Å². The van der Waals surface area contributed by atoms with Gasteiger partial charge in [0.2, 0.25) is 11.9 Å². The molecule has 2 aliphatic rings. The van der Waals surface area contributed by atoms with E-state index in [9.17, 15) is 4.79 Å². The highest BCUT2D eigenvalue weighted by Gasteiger charge is 2.26. The molecule has 1 aromatic heterocycles. The summed E-state index contributed by atoms with van der Waals surface area (Å²) in [4.78, 5) is 22.6. The van der Waals surface area contributed by atoms with Crippen molar-refractivity contribution in [2.75, 3.05) is 24.5 Å². The minimum Gasteiger partial charge on any atom is -0.356 e. The maximum Gasteiger partial charge on any atom is 0.225 e. The van der Waals surface area contributed by atoms with Crippen molar-refractivity contribution in [3.05, 3.63) is 18.5 Å². The monoisotopic (exact) mass is 274 g/mol. The molecular weight excluding hydrogens is 252 g/mol. The Bertz CT molecular complexity index is 438.